The van der Waals surface area contributed by atoms with E-state index in [-0.39, 0.29) is 11.7 Å². The molecule has 0 aliphatic carbocycles. The molecule has 0 radical (unpaired) electrons. The van der Waals surface area contributed by atoms with Crippen molar-refractivity contribution in [3.8, 4) is 10.6 Å². The van der Waals surface area contributed by atoms with Gasteiger partial charge in [-0.05, 0) is 41.6 Å². The molecule has 2 aromatic heterocycles. The number of hydrogen-bond acceptors (Lipinski definition) is 4. The Kier molecular flexibility index (Phi) is 6.14. The highest BCUT2D eigenvalue weighted by Gasteiger charge is 2.17. The Labute approximate surface area is 155 Å². The van der Waals surface area contributed by atoms with Gasteiger partial charge in [-0.15, -0.1) is 11.3 Å². The maximum atomic E-state index is 13.1. The van der Waals surface area contributed by atoms with Crippen molar-refractivity contribution in [2.45, 2.75) is 13.0 Å². The number of thiophene rings is 1. The molecule has 0 unspecified atom stereocenters. The molecule has 1 aromatic carbocycles. The first-order valence-electron chi connectivity index (χ1n) is 8.30. The van der Waals surface area contributed by atoms with E-state index in [2.05, 4.69) is 10.4 Å². The van der Waals surface area contributed by atoms with Gasteiger partial charge in [0.2, 0.25) is 0 Å². The molecule has 0 fully saturated rings. The fourth-order valence-corrected chi connectivity index (χ4v) is 3.22. The number of rotatable bonds is 8. The van der Waals surface area contributed by atoms with Gasteiger partial charge in [-0.2, -0.15) is 5.10 Å². The summed E-state index contributed by atoms with van der Waals surface area (Å²) in [4.78, 5) is 13.6. The van der Waals surface area contributed by atoms with Crippen LogP contribution in [0.4, 0.5) is 4.39 Å². The molecule has 3 aromatic rings. The molecule has 0 aliphatic rings. The summed E-state index contributed by atoms with van der Waals surface area (Å²) in [5.41, 5.74) is 2.11. The summed E-state index contributed by atoms with van der Waals surface area (Å²) in [7, 11) is 1.63. The first-order valence-corrected chi connectivity index (χ1v) is 9.18. The molecule has 1 N–H and O–H groups in total. The van der Waals surface area contributed by atoms with E-state index in [1.165, 1.54) is 12.1 Å². The molecule has 0 aliphatic heterocycles. The van der Waals surface area contributed by atoms with E-state index >= 15 is 0 Å². The average Bonchev–Trinajstić information content (AvgIpc) is 3.30. The lowest BCUT2D eigenvalue weighted by Crippen LogP contribution is -2.27. The third-order valence-corrected chi connectivity index (χ3v) is 4.73. The Balaban J connectivity index is 1.83. The Bertz CT molecular complexity index is 844. The van der Waals surface area contributed by atoms with E-state index in [0.29, 0.717) is 25.4 Å². The van der Waals surface area contributed by atoms with Crippen molar-refractivity contribution in [1.29, 1.82) is 0 Å². The van der Waals surface area contributed by atoms with E-state index in [4.69, 9.17) is 4.74 Å². The van der Waals surface area contributed by atoms with Crippen molar-refractivity contribution in [2.75, 3.05) is 20.3 Å². The average molecular weight is 373 g/mol. The van der Waals surface area contributed by atoms with Crippen LogP contribution in [-0.4, -0.2) is 35.9 Å². The van der Waals surface area contributed by atoms with Gasteiger partial charge >= 0.3 is 0 Å². The summed E-state index contributed by atoms with van der Waals surface area (Å²) in [6.07, 6.45) is 0.742. The summed E-state index contributed by atoms with van der Waals surface area (Å²) in [6.45, 7) is 1.52. The Hall–Kier alpha value is -2.51. The van der Waals surface area contributed by atoms with Gasteiger partial charge in [0.1, 0.15) is 17.2 Å². The lowest BCUT2D eigenvalue weighted by molar-refractivity contribution is 0.0938. The second kappa shape index (κ2) is 8.73. The molecule has 0 saturated carbocycles. The largest absolute Gasteiger partial charge is 0.385 e. The fourth-order valence-electron chi connectivity index (χ4n) is 2.54. The number of aromatic nitrogens is 2. The number of carbonyl (C=O) groups excluding carboxylic acids is 1. The number of benzene rings is 1. The van der Waals surface area contributed by atoms with E-state index in [1.54, 1.807) is 41.3 Å². The van der Waals surface area contributed by atoms with E-state index in [1.807, 2.05) is 17.5 Å². The Morgan fingerprint density at radius 2 is 2.12 bits per heavy atom. The van der Waals surface area contributed by atoms with E-state index in [9.17, 15) is 9.18 Å². The quantitative estimate of drug-likeness (QED) is 0.614. The van der Waals surface area contributed by atoms with Crippen LogP contribution in [0.1, 0.15) is 22.5 Å². The molecule has 0 spiro atoms. The maximum absolute atomic E-state index is 13.1. The van der Waals surface area contributed by atoms with Crippen molar-refractivity contribution >= 4 is 17.2 Å². The van der Waals surface area contributed by atoms with Crippen molar-refractivity contribution in [1.82, 2.24) is 15.1 Å². The minimum atomic E-state index is -0.287. The predicted octanol–water partition coefficient (Wildman–Crippen LogP) is 3.57. The SMILES string of the molecule is COCCCNC(=O)c1cc(-c2cccs2)nn1Cc1ccc(F)cc1. The smallest absolute Gasteiger partial charge is 0.269 e. The number of nitrogens with zero attached hydrogens (tertiary/aromatic N) is 2. The number of carbonyl (C=O) groups is 1. The minimum absolute atomic E-state index is 0.182. The molecule has 1 amide bonds. The summed E-state index contributed by atoms with van der Waals surface area (Å²) < 4.78 is 19.8. The summed E-state index contributed by atoms with van der Waals surface area (Å²) >= 11 is 1.57. The number of halogens is 1. The molecule has 3 rings (SSSR count). The zero-order chi connectivity index (χ0) is 18.4. The van der Waals surface area contributed by atoms with Crippen molar-refractivity contribution in [2.24, 2.45) is 0 Å². The number of ether oxygens (including phenoxy) is 1. The molecule has 0 bridgehead atoms. The normalized spacial score (nSPS) is 10.8. The van der Waals surface area contributed by atoms with Crippen LogP contribution >= 0.6 is 11.3 Å². The highest BCUT2D eigenvalue weighted by molar-refractivity contribution is 7.13. The Morgan fingerprint density at radius 1 is 1.31 bits per heavy atom. The topological polar surface area (TPSA) is 56.1 Å². The standard InChI is InChI=1S/C19H20FN3O2S/c1-25-10-3-9-21-19(24)17-12-16(18-4-2-11-26-18)22-23(17)13-14-5-7-15(20)8-6-14/h2,4-8,11-12H,3,9-10,13H2,1H3,(H,21,24). The number of hydrogen-bond donors (Lipinski definition) is 1. The second-order valence-corrected chi connectivity index (χ2v) is 6.73. The monoisotopic (exact) mass is 373 g/mol. The van der Waals surface area contributed by atoms with Crippen LogP contribution in [0.25, 0.3) is 10.6 Å². The maximum Gasteiger partial charge on any atom is 0.269 e. The molecule has 2 heterocycles. The number of amides is 1. The van der Waals surface area contributed by atoms with Gasteiger partial charge in [0, 0.05) is 20.3 Å². The molecular formula is C19H20FN3O2S. The number of methoxy groups -OCH3 is 1. The zero-order valence-electron chi connectivity index (χ0n) is 14.4. The fraction of sp³-hybridized carbons (Fsp3) is 0.263. The highest BCUT2D eigenvalue weighted by Crippen LogP contribution is 2.24. The van der Waals surface area contributed by atoms with E-state index < -0.39 is 0 Å². The third kappa shape index (κ3) is 4.56. The van der Waals surface area contributed by atoms with Gasteiger partial charge in [0.15, 0.2) is 0 Å². The first-order chi connectivity index (χ1) is 12.7. The van der Waals surface area contributed by atoms with Crippen LogP contribution < -0.4 is 5.32 Å². The third-order valence-electron chi connectivity index (χ3n) is 3.84. The van der Waals surface area contributed by atoms with Crippen molar-refractivity contribution in [3.63, 3.8) is 0 Å². The van der Waals surface area contributed by atoms with Crippen molar-refractivity contribution < 1.29 is 13.9 Å². The van der Waals surface area contributed by atoms with Gasteiger partial charge in [0.25, 0.3) is 5.91 Å². The van der Waals surface area contributed by atoms with Gasteiger partial charge < -0.3 is 10.1 Å². The van der Waals surface area contributed by atoms with Crippen LogP contribution in [0, 0.1) is 5.82 Å². The minimum Gasteiger partial charge on any atom is -0.385 e. The predicted molar refractivity (Wildman–Crippen MR) is 99.9 cm³/mol. The van der Waals surface area contributed by atoms with Gasteiger partial charge in [-0.3, -0.25) is 9.48 Å². The van der Waals surface area contributed by atoms with Crippen LogP contribution in [0.5, 0.6) is 0 Å². The molecule has 0 atom stereocenters. The lowest BCUT2D eigenvalue weighted by Gasteiger charge is -2.08. The first kappa shape index (κ1) is 18.3. The zero-order valence-corrected chi connectivity index (χ0v) is 15.3. The second-order valence-electron chi connectivity index (χ2n) is 5.78. The Morgan fingerprint density at radius 3 is 2.81 bits per heavy atom. The highest BCUT2D eigenvalue weighted by atomic mass is 32.1. The van der Waals surface area contributed by atoms with Crippen LogP contribution in [0.3, 0.4) is 0 Å². The molecule has 136 valence electrons. The summed E-state index contributed by atoms with van der Waals surface area (Å²) in [6, 6.07) is 11.9. The molecular weight excluding hydrogens is 353 g/mol. The van der Waals surface area contributed by atoms with Crippen molar-refractivity contribution in [3.05, 3.63) is 64.9 Å². The van der Waals surface area contributed by atoms with E-state index in [0.717, 1.165) is 22.6 Å². The lowest BCUT2D eigenvalue weighted by atomic mass is 10.2. The molecule has 7 heteroatoms. The number of nitrogens with one attached hydrogen (secondary N) is 1. The summed E-state index contributed by atoms with van der Waals surface area (Å²) in [5, 5.41) is 9.45. The molecule has 0 saturated heterocycles. The van der Waals surface area contributed by atoms with Gasteiger partial charge in [-0.25, -0.2) is 4.39 Å². The van der Waals surface area contributed by atoms with Gasteiger partial charge in [0.05, 0.1) is 11.4 Å². The van der Waals surface area contributed by atoms with Gasteiger partial charge in [-0.1, -0.05) is 18.2 Å². The van der Waals surface area contributed by atoms with Crippen LogP contribution in [0.15, 0.2) is 47.8 Å². The van der Waals surface area contributed by atoms with Crippen LogP contribution in [-0.2, 0) is 11.3 Å². The molecule has 26 heavy (non-hydrogen) atoms. The molecule has 5 nitrogen and oxygen atoms in total. The summed E-state index contributed by atoms with van der Waals surface area (Å²) in [5.74, 6) is -0.469. The van der Waals surface area contributed by atoms with Crippen LogP contribution in [0.2, 0.25) is 0 Å².